The average Bonchev–Trinajstić information content (AvgIpc) is 3.40. The lowest BCUT2D eigenvalue weighted by Gasteiger charge is -2.14. The fourth-order valence-electron chi connectivity index (χ4n) is 2.98. The molecule has 1 aromatic carbocycles. The Morgan fingerprint density at radius 3 is 2.56 bits per heavy atom. The monoisotopic (exact) mass is 488 g/mol. The molecule has 3 aromatic heterocycles. The van der Waals surface area contributed by atoms with E-state index in [1.807, 2.05) is 19.1 Å². The van der Waals surface area contributed by atoms with Gasteiger partial charge in [0.25, 0.3) is 10.0 Å². The maximum Gasteiger partial charge on any atom is 0.265 e. The summed E-state index contributed by atoms with van der Waals surface area (Å²) in [5, 5.41) is 1.16. The average molecular weight is 489 g/mol. The van der Waals surface area contributed by atoms with E-state index in [1.54, 1.807) is 18.3 Å². The molecule has 3 heterocycles. The summed E-state index contributed by atoms with van der Waals surface area (Å²) in [4.78, 5) is 14.5. The van der Waals surface area contributed by atoms with Gasteiger partial charge in [-0.25, -0.2) is 23.4 Å². The van der Waals surface area contributed by atoms with E-state index < -0.39 is 10.0 Å². The van der Waals surface area contributed by atoms with Crippen LogP contribution in [0.1, 0.15) is 31.6 Å². The number of benzene rings is 1. The molecule has 0 unspecified atom stereocenters. The molecule has 4 aromatic rings. The molecule has 0 aliphatic heterocycles. The van der Waals surface area contributed by atoms with Gasteiger partial charge in [-0.05, 0) is 25.1 Å². The molecule has 0 bridgehead atoms. The van der Waals surface area contributed by atoms with E-state index in [1.165, 1.54) is 23.7 Å². The van der Waals surface area contributed by atoms with E-state index in [0.29, 0.717) is 17.1 Å². The van der Waals surface area contributed by atoms with E-state index in [0.717, 1.165) is 21.8 Å². The highest BCUT2D eigenvalue weighted by molar-refractivity contribution is 7.92. The minimum Gasteiger partial charge on any atom is -0.471 e. The summed E-state index contributed by atoms with van der Waals surface area (Å²) in [6.07, 6.45) is 4.16. The van der Waals surface area contributed by atoms with Crippen LogP contribution in [0.4, 0.5) is 5.69 Å². The number of hydrogen-bond acceptors (Lipinski definition) is 7. The van der Waals surface area contributed by atoms with Gasteiger partial charge < -0.3 is 4.42 Å². The molecule has 0 aliphatic carbocycles. The van der Waals surface area contributed by atoms with E-state index in [9.17, 15) is 8.42 Å². The number of anilines is 1. The fourth-order valence-corrected chi connectivity index (χ4v) is 5.40. The highest BCUT2D eigenvalue weighted by Gasteiger charge is 2.26. The van der Waals surface area contributed by atoms with Crippen LogP contribution in [0.25, 0.3) is 21.8 Å². The third-order valence-electron chi connectivity index (χ3n) is 4.58. The highest BCUT2D eigenvalue weighted by atomic mass is 35.5. The predicted molar refractivity (Wildman–Crippen MR) is 127 cm³/mol. The van der Waals surface area contributed by atoms with E-state index in [-0.39, 0.29) is 21.0 Å². The molecule has 10 heteroatoms. The SMILES string of the molecule is Cc1nccc(-c2sc(C(C)(C)C)nc2-c2cccc(NS(=O)(=O)c3ccoc3)c2Cl)n1. The number of aromatic nitrogens is 3. The zero-order chi connectivity index (χ0) is 23.1. The number of furan rings is 1. The topological polar surface area (TPSA) is 98.0 Å². The van der Waals surface area contributed by atoms with E-state index in [4.69, 9.17) is 21.0 Å². The van der Waals surface area contributed by atoms with Crippen LogP contribution >= 0.6 is 22.9 Å². The number of halogens is 1. The second kappa shape index (κ2) is 8.31. The van der Waals surface area contributed by atoms with Crippen LogP contribution in [0, 0.1) is 6.92 Å². The summed E-state index contributed by atoms with van der Waals surface area (Å²) in [6.45, 7) is 8.08. The molecule has 4 rings (SSSR count). The largest absolute Gasteiger partial charge is 0.471 e. The fraction of sp³-hybridized carbons (Fsp3) is 0.227. The molecular weight excluding hydrogens is 468 g/mol. The van der Waals surface area contributed by atoms with Gasteiger partial charge in [-0.1, -0.05) is 44.5 Å². The molecule has 0 spiro atoms. The Hall–Kier alpha value is -2.75. The maximum atomic E-state index is 12.7. The molecule has 0 radical (unpaired) electrons. The van der Waals surface area contributed by atoms with Crippen molar-refractivity contribution in [1.82, 2.24) is 15.0 Å². The molecular formula is C22H21ClN4O3S2. The summed E-state index contributed by atoms with van der Waals surface area (Å²) >= 11 is 8.24. The van der Waals surface area contributed by atoms with Gasteiger partial charge in [-0.2, -0.15) is 0 Å². The number of nitrogens with zero attached hydrogens (tertiary/aromatic N) is 3. The first kappa shape index (κ1) is 22.4. The molecule has 1 N–H and O–H groups in total. The standard InChI is InChI=1S/C22H21ClN4O3S2/c1-13-24-10-8-17(25-13)20-19(26-21(31-20)22(2,3)4)15-6-5-7-16(18(15)23)27-32(28,29)14-9-11-30-12-14/h5-12,27H,1-4H3. The number of nitrogens with one attached hydrogen (secondary N) is 1. The first-order valence-corrected chi connectivity index (χ1v) is 12.4. The van der Waals surface area contributed by atoms with Gasteiger partial charge >= 0.3 is 0 Å². The molecule has 0 aliphatic rings. The van der Waals surface area contributed by atoms with Crippen molar-refractivity contribution in [2.24, 2.45) is 0 Å². The van der Waals surface area contributed by atoms with Gasteiger partial charge in [-0.3, -0.25) is 4.72 Å². The van der Waals surface area contributed by atoms with Crippen LogP contribution < -0.4 is 4.72 Å². The normalized spacial score (nSPS) is 12.2. The number of hydrogen-bond donors (Lipinski definition) is 1. The van der Waals surface area contributed by atoms with Crippen molar-refractivity contribution >= 4 is 38.6 Å². The number of aryl methyl sites for hydroxylation is 1. The Balaban J connectivity index is 1.85. The smallest absolute Gasteiger partial charge is 0.265 e. The van der Waals surface area contributed by atoms with Gasteiger partial charge in [0.2, 0.25) is 0 Å². The third kappa shape index (κ3) is 4.41. The quantitative estimate of drug-likeness (QED) is 0.374. The van der Waals surface area contributed by atoms with E-state index >= 15 is 0 Å². The first-order valence-electron chi connectivity index (χ1n) is 9.71. The molecule has 0 fully saturated rings. The predicted octanol–water partition coefficient (Wildman–Crippen LogP) is 5.92. The van der Waals surface area contributed by atoms with Gasteiger partial charge in [0.15, 0.2) is 0 Å². The lowest BCUT2D eigenvalue weighted by molar-refractivity contribution is 0.557. The van der Waals surface area contributed by atoms with E-state index in [2.05, 4.69) is 35.5 Å². The van der Waals surface area contributed by atoms with Gasteiger partial charge in [0.1, 0.15) is 17.0 Å². The van der Waals surface area contributed by atoms with Crippen molar-refractivity contribution in [3.05, 3.63) is 64.9 Å². The lowest BCUT2D eigenvalue weighted by Crippen LogP contribution is -2.12. The zero-order valence-electron chi connectivity index (χ0n) is 17.9. The Morgan fingerprint density at radius 2 is 1.91 bits per heavy atom. The first-order chi connectivity index (χ1) is 15.1. The summed E-state index contributed by atoms with van der Waals surface area (Å²) in [6, 6.07) is 8.35. The summed E-state index contributed by atoms with van der Waals surface area (Å²) in [5.74, 6) is 0.645. The van der Waals surface area contributed by atoms with Crippen LogP contribution in [-0.2, 0) is 15.4 Å². The molecule has 0 amide bonds. The Morgan fingerprint density at radius 1 is 1.12 bits per heavy atom. The summed E-state index contributed by atoms with van der Waals surface area (Å²) in [7, 11) is -3.84. The van der Waals surface area contributed by atoms with Crippen LogP contribution in [0.5, 0.6) is 0 Å². The minimum absolute atomic E-state index is 0.0137. The number of sulfonamides is 1. The van der Waals surface area contributed by atoms with Crippen LogP contribution in [0.3, 0.4) is 0 Å². The van der Waals surface area contributed by atoms with Crippen molar-refractivity contribution in [1.29, 1.82) is 0 Å². The van der Waals surface area contributed by atoms with Crippen LogP contribution in [0.2, 0.25) is 5.02 Å². The highest BCUT2D eigenvalue weighted by Crippen LogP contribution is 2.43. The number of rotatable bonds is 5. The van der Waals surface area contributed by atoms with Crippen LogP contribution in [-0.4, -0.2) is 23.4 Å². The Labute approximate surface area is 195 Å². The van der Waals surface area contributed by atoms with Crippen molar-refractivity contribution in [2.45, 2.75) is 38.0 Å². The van der Waals surface area contributed by atoms with Crippen molar-refractivity contribution < 1.29 is 12.8 Å². The summed E-state index contributed by atoms with van der Waals surface area (Å²) < 4.78 is 32.8. The zero-order valence-corrected chi connectivity index (χ0v) is 20.3. The second-order valence-electron chi connectivity index (χ2n) is 8.17. The van der Waals surface area contributed by atoms with Crippen molar-refractivity contribution in [3.8, 4) is 21.8 Å². The van der Waals surface area contributed by atoms with Gasteiger partial charge in [0, 0.05) is 17.2 Å². The van der Waals surface area contributed by atoms with Crippen molar-refractivity contribution in [3.63, 3.8) is 0 Å². The molecule has 0 atom stereocenters. The van der Waals surface area contributed by atoms with Gasteiger partial charge in [0.05, 0.1) is 38.2 Å². The molecule has 166 valence electrons. The molecule has 7 nitrogen and oxygen atoms in total. The molecule has 0 saturated heterocycles. The third-order valence-corrected chi connectivity index (χ3v) is 7.83. The Kier molecular flexibility index (Phi) is 5.83. The number of thiazole rings is 1. The second-order valence-corrected chi connectivity index (χ2v) is 11.2. The van der Waals surface area contributed by atoms with Crippen LogP contribution in [0.15, 0.2) is 58.4 Å². The molecule has 32 heavy (non-hydrogen) atoms. The summed E-state index contributed by atoms with van der Waals surface area (Å²) in [5.41, 5.74) is 2.05. The lowest BCUT2D eigenvalue weighted by atomic mass is 9.98. The van der Waals surface area contributed by atoms with Gasteiger partial charge in [-0.15, -0.1) is 11.3 Å². The van der Waals surface area contributed by atoms with Crippen molar-refractivity contribution in [2.75, 3.05) is 4.72 Å². The Bertz CT molecular complexity index is 1370. The maximum absolute atomic E-state index is 12.7. The minimum atomic E-state index is -3.84. The molecule has 0 saturated carbocycles.